The summed E-state index contributed by atoms with van der Waals surface area (Å²) in [6.07, 6.45) is 5.97. The molecule has 0 amide bonds. The molecule has 0 aliphatic heterocycles. The van der Waals surface area contributed by atoms with Crippen LogP contribution >= 0.6 is 0 Å². The van der Waals surface area contributed by atoms with Crippen molar-refractivity contribution in [2.45, 2.75) is 58.9 Å². The van der Waals surface area contributed by atoms with Crippen LogP contribution in [0.4, 0.5) is 11.5 Å². The first-order valence-electron chi connectivity index (χ1n) is 7.40. The van der Waals surface area contributed by atoms with E-state index in [2.05, 4.69) is 37.8 Å². The molecule has 0 spiro atoms. The lowest BCUT2D eigenvalue weighted by atomic mass is 9.75. The summed E-state index contributed by atoms with van der Waals surface area (Å²) >= 11 is 0. The predicted octanol–water partition coefficient (Wildman–Crippen LogP) is 2.97. The molecule has 1 aromatic heterocycles. The van der Waals surface area contributed by atoms with Crippen LogP contribution in [0.1, 0.15) is 52.1 Å². The van der Waals surface area contributed by atoms with Crippen molar-refractivity contribution >= 4 is 11.5 Å². The Balaban J connectivity index is 2.16. The van der Waals surface area contributed by atoms with Gasteiger partial charge in [0, 0.05) is 20.1 Å². The van der Waals surface area contributed by atoms with Crippen molar-refractivity contribution in [1.82, 2.24) is 9.78 Å². The van der Waals surface area contributed by atoms with Crippen molar-refractivity contribution in [3.05, 3.63) is 5.69 Å². The molecule has 1 saturated carbocycles. The van der Waals surface area contributed by atoms with Crippen LogP contribution in [0, 0.1) is 5.41 Å². The summed E-state index contributed by atoms with van der Waals surface area (Å²) in [5.41, 5.74) is 8.63. The van der Waals surface area contributed by atoms with Gasteiger partial charge in [-0.1, -0.05) is 20.8 Å². The summed E-state index contributed by atoms with van der Waals surface area (Å²) in [6.45, 7) is 6.85. The second-order valence-electron chi connectivity index (χ2n) is 6.67. The first kappa shape index (κ1) is 14.2. The number of aromatic nitrogens is 2. The minimum Gasteiger partial charge on any atom is -0.394 e. The summed E-state index contributed by atoms with van der Waals surface area (Å²) in [4.78, 5) is 2.34. The third-order valence-electron chi connectivity index (χ3n) is 4.65. The second-order valence-corrected chi connectivity index (χ2v) is 6.67. The van der Waals surface area contributed by atoms with Crippen molar-refractivity contribution in [2.24, 2.45) is 12.5 Å². The Kier molecular flexibility index (Phi) is 3.79. The van der Waals surface area contributed by atoms with Gasteiger partial charge in [0.15, 0.2) is 0 Å². The lowest BCUT2D eigenvalue weighted by molar-refractivity contribution is 0.222. The quantitative estimate of drug-likeness (QED) is 0.913. The molecule has 0 radical (unpaired) electrons. The third kappa shape index (κ3) is 2.72. The normalized spacial score (nSPS) is 19.6. The molecule has 1 aliphatic rings. The van der Waals surface area contributed by atoms with E-state index in [1.165, 1.54) is 25.7 Å². The Morgan fingerprint density at radius 1 is 1.37 bits per heavy atom. The molecule has 4 nitrogen and oxygen atoms in total. The van der Waals surface area contributed by atoms with Crippen LogP contribution in [0.15, 0.2) is 0 Å². The number of rotatable bonds is 3. The summed E-state index contributed by atoms with van der Waals surface area (Å²) in [6, 6.07) is 0.593. The molecular weight excluding hydrogens is 236 g/mol. The fraction of sp³-hybridized carbons (Fsp3) is 0.800. The van der Waals surface area contributed by atoms with Crippen LogP contribution in [0.2, 0.25) is 0 Å². The van der Waals surface area contributed by atoms with Gasteiger partial charge in [0.25, 0.3) is 0 Å². The van der Waals surface area contributed by atoms with E-state index in [1.54, 1.807) is 0 Å². The van der Waals surface area contributed by atoms with Gasteiger partial charge in [-0.3, -0.25) is 4.68 Å². The lowest BCUT2D eigenvalue weighted by Crippen LogP contribution is -2.38. The largest absolute Gasteiger partial charge is 0.394 e. The van der Waals surface area contributed by atoms with Crippen molar-refractivity contribution in [3.8, 4) is 0 Å². The minimum atomic E-state index is 0.504. The number of hydrogen-bond acceptors (Lipinski definition) is 3. The Labute approximate surface area is 117 Å². The highest BCUT2D eigenvalue weighted by Gasteiger charge is 2.30. The van der Waals surface area contributed by atoms with Gasteiger partial charge in [0.2, 0.25) is 0 Å². The molecule has 1 heterocycles. The maximum atomic E-state index is 6.25. The highest BCUT2D eigenvalue weighted by Crippen LogP contribution is 2.38. The van der Waals surface area contributed by atoms with E-state index >= 15 is 0 Å². The van der Waals surface area contributed by atoms with Gasteiger partial charge in [0.1, 0.15) is 5.82 Å². The molecule has 0 atom stereocenters. The maximum absolute atomic E-state index is 6.25. The summed E-state index contributed by atoms with van der Waals surface area (Å²) < 4.78 is 1.94. The molecular formula is C15H28N4. The zero-order valence-electron chi connectivity index (χ0n) is 13.0. The molecule has 1 aromatic rings. The van der Waals surface area contributed by atoms with Crippen LogP contribution < -0.4 is 10.6 Å². The number of aryl methyl sites for hydroxylation is 2. The average Bonchev–Trinajstić information content (AvgIpc) is 2.63. The molecule has 0 saturated heterocycles. The summed E-state index contributed by atoms with van der Waals surface area (Å²) in [5.74, 6) is 1.08. The fourth-order valence-electron chi connectivity index (χ4n) is 3.21. The predicted molar refractivity (Wildman–Crippen MR) is 81.4 cm³/mol. The summed E-state index contributed by atoms with van der Waals surface area (Å²) in [5, 5.41) is 4.52. The number of hydrogen-bond donors (Lipinski definition) is 1. The van der Waals surface area contributed by atoms with Crippen molar-refractivity contribution < 1.29 is 0 Å². The van der Waals surface area contributed by atoms with Crippen LogP contribution in [-0.4, -0.2) is 22.9 Å². The Hall–Kier alpha value is -1.19. The zero-order chi connectivity index (χ0) is 14.2. The molecule has 0 aromatic carbocycles. The Morgan fingerprint density at radius 2 is 1.95 bits per heavy atom. The van der Waals surface area contributed by atoms with Crippen LogP contribution in [0.3, 0.4) is 0 Å². The third-order valence-corrected chi connectivity index (χ3v) is 4.65. The number of nitrogens with two attached hydrogens (primary N) is 1. The maximum Gasteiger partial charge on any atom is 0.150 e. The molecule has 4 heteroatoms. The SMILES string of the molecule is CCc1nn(C)c(N(C)C2CCC(C)(C)CC2)c1N. The summed E-state index contributed by atoms with van der Waals surface area (Å²) in [7, 11) is 4.16. The van der Waals surface area contributed by atoms with Gasteiger partial charge in [-0.25, -0.2) is 0 Å². The smallest absolute Gasteiger partial charge is 0.150 e. The molecule has 2 N–H and O–H groups in total. The van der Waals surface area contributed by atoms with Gasteiger partial charge >= 0.3 is 0 Å². The first-order valence-corrected chi connectivity index (χ1v) is 7.40. The second kappa shape index (κ2) is 5.06. The highest BCUT2D eigenvalue weighted by atomic mass is 15.4. The number of nitrogen functional groups attached to an aromatic ring is 1. The van der Waals surface area contributed by atoms with Crippen molar-refractivity contribution in [2.75, 3.05) is 17.7 Å². The van der Waals surface area contributed by atoms with E-state index in [1.807, 2.05) is 11.7 Å². The molecule has 108 valence electrons. The van der Waals surface area contributed by atoms with Crippen LogP contribution in [0.25, 0.3) is 0 Å². The molecule has 2 rings (SSSR count). The van der Waals surface area contributed by atoms with Crippen molar-refractivity contribution in [1.29, 1.82) is 0 Å². The monoisotopic (exact) mass is 264 g/mol. The lowest BCUT2D eigenvalue weighted by Gasteiger charge is -2.39. The highest BCUT2D eigenvalue weighted by molar-refractivity contribution is 5.66. The van der Waals surface area contributed by atoms with E-state index < -0.39 is 0 Å². The molecule has 0 bridgehead atoms. The molecule has 19 heavy (non-hydrogen) atoms. The van der Waals surface area contributed by atoms with E-state index in [4.69, 9.17) is 5.73 Å². The van der Waals surface area contributed by atoms with Crippen LogP contribution in [-0.2, 0) is 13.5 Å². The Bertz CT molecular complexity index is 437. The topological polar surface area (TPSA) is 47.1 Å². The van der Waals surface area contributed by atoms with Gasteiger partial charge in [-0.2, -0.15) is 5.10 Å². The van der Waals surface area contributed by atoms with E-state index in [9.17, 15) is 0 Å². The number of nitrogens with zero attached hydrogens (tertiary/aromatic N) is 3. The minimum absolute atomic E-state index is 0.504. The van der Waals surface area contributed by atoms with Crippen molar-refractivity contribution in [3.63, 3.8) is 0 Å². The van der Waals surface area contributed by atoms with E-state index in [-0.39, 0.29) is 0 Å². The van der Waals surface area contributed by atoms with Gasteiger partial charge in [-0.05, 0) is 37.5 Å². The molecule has 1 aliphatic carbocycles. The van der Waals surface area contributed by atoms with Gasteiger partial charge in [-0.15, -0.1) is 0 Å². The van der Waals surface area contributed by atoms with Gasteiger partial charge < -0.3 is 10.6 Å². The van der Waals surface area contributed by atoms with E-state index in [0.29, 0.717) is 11.5 Å². The van der Waals surface area contributed by atoms with Gasteiger partial charge in [0.05, 0.1) is 11.4 Å². The average molecular weight is 264 g/mol. The Morgan fingerprint density at radius 3 is 2.42 bits per heavy atom. The van der Waals surface area contributed by atoms with Crippen LogP contribution in [0.5, 0.6) is 0 Å². The van der Waals surface area contributed by atoms with E-state index in [0.717, 1.165) is 23.6 Å². The zero-order valence-corrected chi connectivity index (χ0v) is 13.0. The molecule has 0 unspecified atom stereocenters. The fourth-order valence-corrected chi connectivity index (χ4v) is 3.21. The standard InChI is InChI=1S/C15H28N4/c1-6-12-13(16)14(19(5)17-12)18(4)11-7-9-15(2,3)10-8-11/h11H,6-10,16H2,1-5H3. The molecule has 1 fully saturated rings. The number of anilines is 2. The first-order chi connectivity index (χ1) is 8.85.